The molecule has 54 heavy (non-hydrogen) atoms. The number of benzene rings is 4. The van der Waals surface area contributed by atoms with Crippen LogP contribution in [0.3, 0.4) is 0 Å². The van der Waals surface area contributed by atoms with Crippen LogP contribution in [0, 0.1) is 0 Å². The SMILES string of the molecule is CC(C)(C)c1cc2c3c(c1)-c1cc(C(C)(C)C)cc(c1C3)-c1cccc(n1)-c1cc(C(C)(C)C)cc3c1[nH]c1c(cc(C(C)(C)C)cc13)-c1cccc-2n1. The Morgan fingerprint density at radius 1 is 0.389 bits per heavy atom. The van der Waals surface area contributed by atoms with Crippen molar-refractivity contribution in [3.63, 3.8) is 0 Å². The van der Waals surface area contributed by atoms with E-state index in [1.807, 2.05) is 0 Å². The minimum atomic E-state index is -0.0560. The van der Waals surface area contributed by atoms with Crippen molar-refractivity contribution < 1.29 is 0 Å². The van der Waals surface area contributed by atoms with Gasteiger partial charge in [0.2, 0.25) is 0 Å². The van der Waals surface area contributed by atoms with E-state index in [2.05, 4.69) is 173 Å². The second-order valence-corrected chi connectivity index (χ2v) is 20.1. The lowest BCUT2D eigenvalue weighted by Crippen LogP contribution is -2.12. The minimum Gasteiger partial charge on any atom is -0.353 e. The molecule has 0 amide bonds. The maximum atomic E-state index is 5.60. The fourth-order valence-electron chi connectivity index (χ4n) is 8.55. The summed E-state index contributed by atoms with van der Waals surface area (Å²) in [6.45, 7) is 27.8. The molecule has 0 unspecified atom stereocenters. The van der Waals surface area contributed by atoms with Crippen LogP contribution in [0.2, 0.25) is 0 Å². The molecule has 8 bridgehead atoms. The summed E-state index contributed by atoms with van der Waals surface area (Å²) in [7, 11) is 0. The number of pyridine rings is 2. The summed E-state index contributed by atoms with van der Waals surface area (Å²) < 4.78 is 0. The molecular weight excluding hydrogens is 655 g/mol. The van der Waals surface area contributed by atoms with Crippen molar-refractivity contribution in [1.29, 1.82) is 0 Å². The molecule has 272 valence electrons. The second kappa shape index (κ2) is 11.3. The van der Waals surface area contributed by atoms with E-state index in [1.54, 1.807) is 0 Å². The van der Waals surface area contributed by atoms with Crippen LogP contribution in [0.4, 0.5) is 0 Å². The van der Waals surface area contributed by atoms with Gasteiger partial charge < -0.3 is 4.98 Å². The average molecular weight is 708 g/mol. The zero-order chi connectivity index (χ0) is 38.3. The van der Waals surface area contributed by atoms with Crippen LogP contribution in [0.5, 0.6) is 0 Å². The van der Waals surface area contributed by atoms with Crippen molar-refractivity contribution in [1.82, 2.24) is 15.0 Å². The number of nitrogens with one attached hydrogen (secondary N) is 1. The lowest BCUT2D eigenvalue weighted by Gasteiger charge is -2.24. The third-order valence-corrected chi connectivity index (χ3v) is 12.0. The second-order valence-electron chi connectivity index (χ2n) is 20.1. The van der Waals surface area contributed by atoms with Gasteiger partial charge >= 0.3 is 0 Å². The first-order valence-electron chi connectivity index (χ1n) is 19.7. The highest BCUT2D eigenvalue weighted by atomic mass is 14.8. The molecule has 9 rings (SSSR count). The molecule has 0 atom stereocenters. The number of rotatable bonds is 0. The van der Waals surface area contributed by atoms with Crippen LogP contribution in [0.1, 0.15) is 116 Å². The molecule has 7 aromatic rings. The predicted octanol–water partition coefficient (Wildman–Crippen LogP) is 13.9. The minimum absolute atomic E-state index is 0.0383. The molecule has 3 aromatic heterocycles. The van der Waals surface area contributed by atoms with E-state index in [9.17, 15) is 0 Å². The maximum absolute atomic E-state index is 5.60. The summed E-state index contributed by atoms with van der Waals surface area (Å²) in [5, 5.41) is 2.46. The van der Waals surface area contributed by atoms with Crippen molar-refractivity contribution in [3.8, 4) is 56.2 Å². The molecule has 0 saturated heterocycles. The molecule has 2 aliphatic rings. The number of aromatic nitrogens is 3. The first kappa shape index (κ1) is 34.7. The predicted molar refractivity (Wildman–Crippen MR) is 230 cm³/mol. The largest absolute Gasteiger partial charge is 0.353 e. The van der Waals surface area contributed by atoms with Crippen LogP contribution in [0.15, 0.2) is 84.9 Å². The van der Waals surface area contributed by atoms with Crippen LogP contribution < -0.4 is 0 Å². The summed E-state index contributed by atoms with van der Waals surface area (Å²) in [5.41, 5.74) is 21.4. The molecule has 0 fully saturated rings. The first-order chi connectivity index (χ1) is 25.3. The Kier molecular flexibility index (Phi) is 7.24. The monoisotopic (exact) mass is 707 g/mol. The van der Waals surface area contributed by atoms with E-state index in [1.165, 1.54) is 66.4 Å². The normalized spacial score (nSPS) is 13.9. The van der Waals surface area contributed by atoms with Crippen molar-refractivity contribution in [3.05, 3.63) is 118 Å². The number of nitrogens with zero attached hydrogens (tertiary/aromatic N) is 2. The smallest absolute Gasteiger partial charge is 0.0730 e. The fourth-order valence-corrected chi connectivity index (χ4v) is 8.55. The van der Waals surface area contributed by atoms with Gasteiger partial charge in [0.25, 0.3) is 0 Å². The highest BCUT2D eigenvalue weighted by molar-refractivity contribution is 6.15. The van der Waals surface area contributed by atoms with Gasteiger partial charge in [-0.15, -0.1) is 0 Å². The van der Waals surface area contributed by atoms with E-state index < -0.39 is 0 Å². The Morgan fingerprint density at radius 2 is 0.685 bits per heavy atom. The van der Waals surface area contributed by atoms with E-state index >= 15 is 0 Å². The zero-order valence-electron chi connectivity index (χ0n) is 34.2. The molecule has 0 radical (unpaired) electrons. The van der Waals surface area contributed by atoms with Gasteiger partial charge in [-0.3, -0.25) is 0 Å². The molecule has 3 nitrogen and oxygen atoms in total. The number of H-pyrrole nitrogens is 1. The highest BCUT2D eigenvalue weighted by Crippen LogP contribution is 2.50. The number of hydrogen-bond acceptors (Lipinski definition) is 2. The Balaban J connectivity index is 1.49. The van der Waals surface area contributed by atoms with Gasteiger partial charge in [0, 0.05) is 39.4 Å². The molecule has 1 aliphatic heterocycles. The lowest BCUT2D eigenvalue weighted by atomic mass is 9.81. The van der Waals surface area contributed by atoms with Crippen molar-refractivity contribution in [2.45, 2.75) is 111 Å². The average Bonchev–Trinajstić information content (AvgIpc) is 3.67. The van der Waals surface area contributed by atoms with Crippen LogP contribution in [-0.4, -0.2) is 15.0 Å². The van der Waals surface area contributed by atoms with E-state index in [-0.39, 0.29) is 21.7 Å². The van der Waals surface area contributed by atoms with E-state index in [4.69, 9.17) is 9.97 Å². The van der Waals surface area contributed by atoms with Gasteiger partial charge in [-0.25, -0.2) is 9.97 Å². The van der Waals surface area contributed by atoms with Gasteiger partial charge in [0.1, 0.15) is 0 Å². The standard InChI is InChI=1S/C51H53N3/c1-48(2,3)28-19-32-33-20-29(49(4,5)6)22-37-35(33)27-34(32)36(21-28)42-15-13-17-44(52-42)40-25-30(50(7,8)9)23-38-39-24-31(51(10,11)12)26-41(47(39)54-46(38)40)45-18-14-16-43(37)53-45/h13-26,54H,27H2,1-12H3. The Morgan fingerprint density at radius 3 is 1.04 bits per heavy atom. The molecule has 0 saturated carbocycles. The third kappa shape index (κ3) is 5.45. The summed E-state index contributed by atoms with van der Waals surface area (Å²) >= 11 is 0. The number of fused-ring (bicyclic) bond motifs is 10. The van der Waals surface area contributed by atoms with Gasteiger partial charge in [0.05, 0.1) is 33.8 Å². The van der Waals surface area contributed by atoms with Gasteiger partial charge in [0.15, 0.2) is 0 Å². The Bertz CT molecular complexity index is 2520. The zero-order valence-corrected chi connectivity index (χ0v) is 34.2. The van der Waals surface area contributed by atoms with E-state index in [0.717, 1.165) is 51.4 Å². The molecule has 1 N–H and O–H groups in total. The first-order valence-corrected chi connectivity index (χ1v) is 19.7. The van der Waals surface area contributed by atoms with Gasteiger partial charge in [-0.05, 0) is 127 Å². The molecular formula is C51H53N3. The van der Waals surface area contributed by atoms with Crippen molar-refractivity contribution >= 4 is 21.8 Å². The summed E-state index contributed by atoms with van der Waals surface area (Å²) in [4.78, 5) is 15.2. The molecule has 4 heterocycles. The maximum Gasteiger partial charge on any atom is 0.0730 e. The quantitative estimate of drug-likeness (QED) is 0.170. The molecule has 1 aliphatic carbocycles. The lowest BCUT2D eigenvalue weighted by molar-refractivity contribution is 0.589. The van der Waals surface area contributed by atoms with Crippen LogP contribution in [-0.2, 0) is 28.1 Å². The van der Waals surface area contributed by atoms with Crippen LogP contribution in [0.25, 0.3) is 78.0 Å². The third-order valence-electron chi connectivity index (χ3n) is 12.0. The van der Waals surface area contributed by atoms with Gasteiger partial charge in [-0.2, -0.15) is 0 Å². The Hall–Kier alpha value is -5.02. The Labute approximate surface area is 321 Å². The summed E-state index contributed by atoms with van der Waals surface area (Å²) in [6, 6.07) is 32.6. The summed E-state index contributed by atoms with van der Waals surface area (Å²) in [6.07, 6.45) is 0.841. The van der Waals surface area contributed by atoms with Crippen molar-refractivity contribution in [2.75, 3.05) is 0 Å². The van der Waals surface area contributed by atoms with Crippen LogP contribution >= 0.6 is 0 Å². The topological polar surface area (TPSA) is 41.6 Å². The summed E-state index contributed by atoms with van der Waals surface area (Å²) in [5.74, 6) is 0. The molecule has 3 heteroatoms. The highest BCUT2D eigenvalue weighted by Gasteiger charge is 2.32. The molecule has 0 spiro atoms. The number of aromatic amines is 1. The van der Waals surface area contributed by atoms with Crippen molar-refractivity contribution in [2.24, 2.45) is 0 Å². The number of hydrogen-bond donors (Lipinski definition) is 1. The van der Waals surface area contributed by atoms with E-state index in [0.29, 0.717) is 0 Å². The van der Waals surface area contributed by atoms with Gasteiger partial charge in [-0.1, -0.05) is 107 Å². The molecule has 4 aromatic carbocycles. The fraction of sp³-hybridized carbons (Fsp3) is 0.333.